The Labute approximate surface area is 123 Å². The van der Waals surface area contributed by atoms with Crippen LogP contribution in [0.15, 0.2) is 30.0 Å². The summed E-state index contributed by atoms with van der Waals surface area (Å²) in [6.45, 7) is 2.29. The first kappa shape index (κ1) is 13.9. The van der Waals surface area contributed by atoms with Crippen molar-refractivity contribution in [1.29, 1.82) is 0 Å². The van der Waals surface area contributed by atoms with Gasteiger partial charge in [0.15, 0.2) is 0 Å². The van der Waals surface area contributed by atoms with Gasteiger partial charge in [0.1, 0.15) is 0 Å². The minimum absolute atomic E-state index is 0.619. The third-order valence-electron chi connectivity index (χ3n) is 5.29. The lowest BCUT2D eigenvalue weighted by Gasteiger charge is -2.23. The maximum atomic E-state index is 4.64. The zero-order valence-corrected chi connectivity index (χ0v) is 12.8. The second kappa shape index (κ2) is 6.11. The largest absolute Gasteiger partial charge is 0.257 e. The molecule has 0 N–H and O–H groups in total. The lowest BCUT2D eigenvalue weighted by atomic mass is 9.81. The molecule has 0 bridgehead atoms. The van der Waals surface area contributed by atoms with Gasteiger partial charge in [0.05, 0.1) is 5.69 Å². The number of rotatable bonds is 5. The van der Waals surface area contributed by atoms with Crippen LogP contribution in [0.3, 0.4) is 0 Å². The average molecular weight is 269 g/mol. The van der Waals surface area contributed by atoms with Gasteiger partial charge in [0, 0.05) is 6.20 Å². The predicted octanol–water partition coefficient (Wildman–Crippen LogP) is 5.77. The molecule has 108 valence electrons. The SMILES string of the molecule is CCCCCC1=C(c2ccccn2)CC2(CCCC2)C1. The van der Waals surface area contributed by atoms with Gasteiger partial charge in [0.25, 0.3) is 0 Å². The molecular weight excluding hydrogens is 242 g/mol. The summed E-state index contributed by atoms with van der Waals surface area (Å²) < 4.78 is 0. The van der Waals surface area contributed by atoms with Gasteiger partial charge >= 0.3 is 0 Å². The topological polar surface area (TPSA) is 12.9 Å². The van der Waals surface area contributed by atoms with Crippen LogP contribution in [0.4, 0.5) is 0 Å². The van der Waals surface area contributed by atoms with Gasteiger partial charge < -0.3 is 0 Å². The number of allylic oxidation sites excluding steroid dienone is 2. The van der Waals surface area contributed by atoms with E-state index in [1.807, 2.05) is 12.3 Å². The van der Waals surface area contributed by atoms with Crippen LogP contribution in [0.1, 0.15) is 76.8 Å². The standard InChI is InChI=1S/C19H27N/c1-2-3-4-9-16-14-19(11-6-7-12-19)15-17(16)18-10-5-8-13-20-18/h5,8,10,13H,2-4,6-7,9,11-12,14-15H2,1H3. The Morgan fingerprint density at radius 2 is 1.95 bits per heavy atom. The first-order valence-corrected chi connectivity index (χ1v) is 8.45. The first-order chi connectivity index (χ1) is 9.83. The van der Waals surface area contributed by atoms with Crippen molar-refractivity contribution in [3.63, 3.8) is 0 Å². The summed E-state index contributed by atoms with van der Waals surface area (Å²) in [7, 11) is 0. The van der Waals surface area contributed by atoms with Crippen molar-refractivity contribution < 1.29 is 0 Å². The van der Waals surface area contributed by atoms with E-state index in [0.29, 0.717) is 5.41 Å². The minimum Gasteiger partial charge on any atom is -0.257 e. The van der Waals surface area contributed by atoms with Crippen molar-refractivity contribution in [1.82, 2.24) is 4.98 Å². The van der Waals surface area contributed by atoms with Crippen LogP contribution in [0.25, 0.3) is 5.57 Å². The fourth-order valence-corrected chi connectivity index (χ4v) is 4.24. The van der Waals surface area contributed by atoms with Gasteiger partial charge in [-0.3, -0.25) is 4.98 Å². The summed E-state index contributed by atoms with van der Waals surface area (Å²) in [6, 6.07) is 6.38. The van der Waals surface area contributed by atoms with Crippen molar-refractivity contribution in [3.05, 3.63) is 35.7 Å². The molecule has 1 fully saturated rings. The van der Waals surface area contributed by atoms with Gasteiger partial charge in [-0.25, -0.2) is 0 Å². The van der Waals surface area contributed by atoms with E-state index < -0.39 is 0 Å². The Hall–Kier alpha value is -1.11. The Bertz CT molecular complexity index is 466. The molecule has 3 rings (SSSR count). The smallest absolute Gasteiger partial charge is 0.0661 e. The maximum Gasteiger partial charge on any atom is 0.0661 e. The second-order valence-electron chi connectivity index (χ2n) is 6.81. The van der Waals surface area contributed by atoms with Crippen molar-refractivity contribution in [2.75, 3.05) is 0 Å². The molecule has 1 saturated carbocycles. The van der Waals surface area contributed by atoms with Gasteiger partial charge in [-0.05, 0) is 61.6 Å². The van der Waals surface area contributed by atoms with Crippen LogP contribution in [-0.4, -0.2) is 4.98 Å². The number of hydrogen-bond donors (Lipinski definition) is 0. The molecule has 0 atom stereocenters. The third-order valence-corrected chi connectivity index (χ3v) is 5.29. The van der Waals surface area contributed by atoms with Crippen LogP contribution >= 0.6 is 0 Å². The summed E-state index contributed by atoms with van der Waals surface area (Å²) in [6.07, 6.45) is 15.7. The number of aromatic nitrogens is 1. The first-order valence-electron chi connectivity index (χ1n) is 8.45. The second-order valence-corrected chi connectivity index (χ2v) is 6.81. The Morgan fingerprint density at radius 1 is 1.10 bits per heavy atom. The highest BCUT2D eigenvalue weighted by atomic mass is 14.7. The minimum atomic E-state index is 0.619. The fraction of sp³-hybridized carbons (Fsp3) is 0.632. The van der Waals surface area contributed by atoms with E-state index in [1.165, 1.54) is 69.9 Å². The molecule has 0 aromatic carbocycles. The maximum absolute atomic E-state index is 4.64. The van der Waals surface area contributed by atoms with Crippen molar-refractivity contribution in [2.24, 2.45) is 5.41 Å². The van der Waals surface area contributed by atoms with Gasteiger partial charge in [-0.15, -0.1) is 0 Å². The van der Waals surface area contributed by atoms with Crippen LogP contribution in [0.2, 0.25) is 0 Å². The lowest BCUT2D eigenvalue weighted by molar-refractivity contribution is 0.319. The number of nitrogens with zero attached hydrogens (tertiary/aromatic N) is 1. The molecule has 2 aliphatic rings. The Kier molecular flexibility index (Phi) is 4.24. The van der Waals surface area contributed by atoms with E-state index in [1.54, 1.807) is 11.1 Å². The van der Waals surface area contributed by atoms with Crippen molar-refractivity contribution in [2.45, 2.75) is 71.1 Å². The van der Waals surface area contributed by atoms with E-state index in [-0.39, 0.29) is 0 Å². The molecule has 0 saturated heterocycles. The van der Waals surface area contributed by atoms with Gasteiger partial charge in [-0.1, -0.05) is 44.2 Å². The lowest BCUT2D eigenvalue weighted by Crippen LogP contribution is -2.11. The highest BCUT2D eigenvalue weighted by Gasteiger charge is 2.40. The molecule has 0 amide bonds. The molecule has 1 heteroatoms. The summed E-state index contributed by atoms with van der Waals surface area (Å²) in [4.78, 5) is 4.64. The molecule has 0 unspecified atom stereocenters. The Morgan fingerprint density at radius 3 is 2.65 bits per heavy atom. The molecule has 1 heterocycles. The van der Waals surface area contributed by atoms with Crippen LogP contribution in [0, 0.1) is 5.41 Å². The normalized spacial score (nSPS) is 21.1. The van der Waals surface area contributed by atoms with Crippen LogP contribution < -0.4 is 0 Å². The third kappa shape index (κ3) is 2.82. The summed E-state index contributed by atoms with van der Waals surface area (Å²) in [5.74, 6) is 0. The molecule has 1 nitrogen and oxygen atoms in total. The monoisotopic (exact) mass is 269 g/mol. The Balaban J connectivity index is 1.81. The van der Waals surface area contributed by atoms with E-state index in [9.17, 15) is 0 Å². The number of hydrogen-bond acceptors (Lipinski definition) is 1. The predicted molar refractivity (Wildman–Crippen MR) is 85.4 cm³/mol. The van der Waals surface area contributed by atoms with E-state index >= 15 is 0 Å². The zero-order chi connectivity index (χ0) is 13.8. The molecule has 1 aromatic heterocycles. The molecule has 0 aliphatic heterocycles. The fourth-order valence-electron chi connectivity index (χ4n) is 4.24. The highest BCUT2D eigenvalue weighted by Crippen LogP contribution is 2.55. The molecule has 1 aromatic rings. The number of unbranched alkanes of at least 4 members (excludes halogenated alkanes) is 2. The molecule has 0 radical (unpaired) electrons. The van der Waals surface area contributed by atoms with Crippen molar-refractivity contribution in [3.8, 4) is 0 Å². The van der Waals surface area contributed by atoms with Crippen LogP contribution in [-0.2, 0) is 0 Å². The van der Waals surface area contributed by atoms with Crippen LogP contribution in [0.5, 0.6) is 0 Å². The summed E-state index contributed by atoms with van der Waals surface area (Å²) >= 11 is 0. The van der Waals surface area contributed by atoms with Gasteiger partial charge in [0.2, 0.25) is 0 Å². The van der Waals surface area contributed by atoms with E-state index in [0.717, 1.165) is 0 Å². The zero-order valence-electron chi connectivity index (χ0n) is 12.8. The summed E-state index contributed by atoms with van der Waals surface area (Å²) in [5.41, 5.74) is 5.21. The van der Waals surface area contributed by atoms with E-state index in [4.69, 9.17) is 0 Å². The summed E-state index contributed by atoms with van der Waals surface area (Å²) in [5, 5.41) is 0. The average Bonchev–Trinajstić information content (AvgIpc) is 3.08. The highest BCUT2D eigenvalue weighted by molar-refractivity contribution is 5.69. The van der Waals surface area contributed by atoms with Crippen molar-refractivity contribution >= 4 is 5.57 Å². The molecule has 2 aliphatic carbocycles. The van der Waals surface area contributed by atoms with E-state index in [2.05, 4.69) is 24.0 Å². The quantitative estimate of drug-likeness (QED) is 0.618. The molecular formula is C19H27N. The molecule has 20 heavy (non-hydrogen) atoms. The molecule has 1 spiro atoms. The van der Waals surface area contributed by atoms with Gasteiger partial charge in [-0.2, -0.15) is 0 Å². The number of pyridine rings is 1.